The summed E-state index contributed by atoms with van der Waals surface area (Å²) in [5, 5.41) is 6.16. The van der Waals surface area contributed by atoms with Crippen molar-refractivity contribution in [1.29, 1.82) is 0 Å². The largest absolute Gasteiger partial charge is 0.445 e. The van der Waals surface area contributed by atoms with Crippen molar-refractivity contribution in [2.45, 2.75) is 13.0 Å². The molecule has 2 aromatic carbocycles. The smallest absolute Gasteiger partial charge is 0.407 e. The molecule has 2 aromatic rings. The number of ether oxygens (including phenoxy) is 1. The molecular formula is C18H16N4O2. The highest BCUT2D eigenvalue weighted by Crippen LogP contribution is 2.13. The minimum absolute atomic E-state index is 0.241. The first-order valence-electron chi connectivity index (χ1n) is 7.36. The van der Waals surface area contributed by atoms with E-state index in [-0.39, 0.29) is 6.61 Å². The van der Waals surface area contributed by atoms with Gasteiger partial charge in [0.1, 0.15) is 6.61 Å². The van der Waals surface area contributed by atoms with E-state index >= 15 is 0 Å². The topological polar surface area (TPSA) is 87.1 Å². The number of rotatable bonds is 5. The monoisotopic (exact) mass is 320 g/mol. The standard InChI is InChI=1S/C18H16N4O2/c19-22-21-17-11-6-10-15(13-17)7-4-5-12-20-18(23)24-14-16-8-2-1-3-9-16/h1-3,6,8-11,13H,5,12,14H2,(H,20,23). The van der Waals surface area contributed by atoms with Gasteiger partial charge in [0.25, 0.3) is 0 Å². The number of alkyl carbamates (subject to hydrolysis) is 1. The summed E-state index contributed by atoms with van der Waals surface area (Å²) < 4.78 is 5.09. The van der Waals surface area contributed by atoms with Gasteiger partial charge in [0.05, 0.1) is 0 Å². The maximum Gasteiger partial charge on any atom is 0.407 e. The first kappa shape index (κ1) is 16.9. The number of carbonyl (C=O) groups excluding carboxylic acids is 1. The van der Waals surface area contributed by atoms with Crippen LogP contribution in [0.4, 0.5) is 10.5 Å². The highest BCUT2D eigenvalue weighted by molar-refractivity contribution is 5.67. The van der Waals surface area contributed by atoms with E-state index in [9.17, 15) is 4.79 Å². The molecule has 120 valence electrons. The van der Waals surface area contributed by atoms with Gasteiger partial charge in [-0.2, -0.15) is 0 Å². The van der Waals surface area contributed by atoms with Crippen molar-refractivity contribution < 1.29 is 9.53 Å². The second kappa shape index (κ2) is 9.57. The third-order valence-electron chi connectivity index (χ3n) is 2.97. The summed E-state index contributed by atoms with van der Waals surface area (Å²) in [7, 11) is 0. The molecule has 0 saturated carbocycles. The summed E-state index contributed by atoms with van der Waals surface area (Å²) >= 11 is 0. The molecule has 0 saturated heterocycles. The lowest BCUT2D eigenvalue weighted by molar-refractivity contribution is 0.140. The van der Waals surface area contributed by atoms with Crippen molar-refractivity contribution in [1.82, 2.24) is 5.32 Å². The van der Waals surface area contributed by atoms with Crippen LogP contribution in [-0.4, -0.2) is 12.6 Å². The van der Waals surface area contributed by atoms with Gasteiger partial charge >= 0.3 is 6.09 Å². The number of nitrogens with zero attached hydrogens (tertiary/aromatic N) is 3. The maximum atomic E-state index is 11.5. The second-order valence-electron chi connectivity index (χ2n) is 4.78. The van der Waals surface area contributed by atoms with Crippen molar-refractivity contribution in [2.24, 2.45) is 5.11 Å². The molecule has 0 unspecified atom stereocenters. The first-order chi connectivity index (χ1) is 11.8. The molecule has 0 aromatic heterocycles. The highest BCUT2D eigenvalue weighted by Gasteiger charge is 2.00. The lowest BCUT2D eigenvalue weighted by Gasteiger charge is -2.05. The quantitative estimate of drug-likeness (QED) is 0.293. The second-order valence-corrected chi connectivity index (χ2v) is 4.78. The van der Waals surface area contributed by atoms with Crippen molar-refractivity contribution in [3.8, 4) is 11.8 Å². The molecule has 0 spiro atoms. The van der Waals surface area contributed by atoms with E-state index in [0.29, 0.717) is 18.7 Å². The van der Waals surface area contributed by atoms with Crippen LogP contribution in [0.1, 0.15) is 17.5 Å². The normalized spacial score (nSPS) is 9.17. The Labute approximate surface area is 140 Å². The summed E-state index contributed by atoms with van der Waals surface area (Å²) in [4.78, 5) is 14.3. The molecule has 24 heavy (non-hydrogen) atoms. The van der Waals surface area contributed by atoms with E-state index in [1.807, 2.05) is 36.4 Å². The van der Waals surface area contributed by atoms with E-state index in [1.165, 1.54) is 0 Å². The lowest BCUT2D eigenvalue weighted by atomic mass is 10.2. The molecule has 0 heterocycles. The molecule has 0 fully saturated rings. The third-order valence-corrected chi connectivity index (χ3v) is 2.97. The van der Waals surface area contributed by atoms with E-state index in [1.54, 1.807) is 18.2 Å². The van der Waals surface area contributed by atoms with Crippen molar-refractivity contribution in [2.75, 3.05) is 6.54 Å². The lowest BCUT2D eigenvalue weighted by Crippen LogP contribution is -2.24. The van der Waals surface area contributed by atoms with Crippen LogP contribution >= 0.6 is 0 Å². The summed E-state index contributed by atoms with van der Waals surface area (Å²) in [6.45, 7) is 0.640. The molecule has 2 rings (SSSR count). The summed E-state index contributed by atoms with van der Waals surface area (Å²) in [5.74, 6) is 5.89. The minimum atomic E-state index is -0.467. The molecule has 0 aliphatic rings. The average molecular weight is 320 g/mol. The van der Waals surface area contributed by atoms with Crippen molar-refractivity contribution in [3.63, 3.8) is 0 Å². The van der Waals surface area contributed by atoms with Crippen LogP contribution < -0.4 is 5.32 Å². The molecule has 0 radical (unpaired) electrons. The fourth-order valence-corrected chi connectivity index (χ4v) is 1.86. The van der Waals surface area contributed by atoms with Crippen molar-refractivity contribution in [3.05, 3.63) is 76.2 Å². The fourth-order valence-electron chi connectivity index (χ4n) is 1.86. The van der Waals surface area contributed by atoms with Crippen LogP contribution in [0, 0.1) is 11.8 Å². The zero-order valence-electron chi connectivity index (χ0n) is 13.0. The van der Waals surface area contributed by atoms with Gasteiger partial charge in [-0.05, 0) is 23.2 Å². The molecule has 6 nitrogen and oxygen atoms in total. The van der Waals surface area contributed by atoms with E-state index in [0.717, 1.165) is 11.1 Å². The van der Waals surface area contributed by atoms with Gasteiger partial charge < -0.3 is 10.1 Å². The summed E-state index contributed by atoms with van der Waals surface area (Å²) in [5.41, 5.74) is 10.6. The molecule has 6 heteroatoms. The van der Waals surface area contributed by atoms with Crippen LogP contribution in [0.25, 0.3) is 10.4 Å². The zero-order valence-corrected chi connectivity index (χ0v) is 13.0. The number of azide groups is 1. The molecule has 0 bridgehead atoms. The molecule has 0 aliphatic carbocycles. The Morgan fingerprint density at radius 3 is 2.83 bits per heavy atom. The molecule has 1 N–H and O–H groups in total. The van der Waals surface area contributed by atoms with Gasteiger partial charge in [0, 0.05) is 29.1 Å². The summed E-state index contributed by atoms with van der Waals surface area (Å²) in [6.07, 6.45) is 0.0256. The number of benzene rings is 2. The number of hydrogen-bond acceptors (Lipinski definition) is 3. The minimum Gasteiger partial charge on any atom is -0.445 e. The highest BCUT2D eigenvalue weighted by atomic mass is 16.5. The van der Waals surface area contributed by atoms with Crippen LogP contribution in [-0.2, 0) is 11.3 Å². The Kier molecular flexibility index (Phi) is 6.75. The molecule has 0 aliphatic heterocycles. The zero-order chi connectivity index (χ0) is 17.0. The predicted molar refractivity (Wildman–Crippen MR) is 91.4 cm³/mol. The van der Waals surface area contributed by atoms with E-state index in [4.69, 9.17) is 10.3 Å². The van der Waals surface area contributed by atoms with Gasteiger partial charge in [0.2, 0.25) is 0 Å². The van der Waals surface area contributed by atoms with Crippen molar-refractivity contribution >= 4 is 11.8 Å². The summed E-state index contributed by atoms with van der Waals surface area (Å²) in [6, 6.07) is 16.5. The van der Waals surface area contributed by atoms with Gasteiger partial charge in [-0.1, -0.05) is 59.4 Å². The average Bonchev–Trinajstić information content (AvgIpc) is 2.61. The Morgan fingerprint density at radius 1 is 1.21 bits per heavy atom. The maximum absolute atomic E-state index is 11.5. The number of carbonyl (C=O) groups is 1. The van der Waals surface area contributed by atoms with Crippen LogP contribution in [0.15, 0.2) is 59.7 Å². The first-order valence-corrected chi connectivity index (χ1v) is 7.36. The van der Waals surface area contributed by atoms with Gasteiger partial charge in [-0.25, -0.2) is 4.79 Å². The SMILES string of the molecule is [N-]=[N+]=Nc1cccc(C#CCCNC(=O)OCc2ccccc2)c1. The van der Waals surface area contributed by atoms with E-state index in [2.05, 4.69) is 27.2 Å². The Balaban J connectivity index is 1.70. The van der Waals surface area contributed by atoms with Gasteiger partial charge in [-0.15, -0.1) is 0 Å². The number of hydrogen-bond donors (Lipinski definition) is 1. The Morgan fingerprint density at radius 2 is 2.04 bits per heavy atom. The predicted octanol–water partition coefficient (Wildman–Crippen LogP) is 4.30. The third kappa shape index (κ3) is 6.14. The molecule has 0 atom stereocenters. The Hall–Kier alpha value is -3.42. The van der Waals surface area contributed by atoms with Crippen LogP contribution in [0.3, 0.4) is 0 Å². The van der Waals surface area contributed by atoms with Gasteiger partial charge in [-0.3, -0.25) is 0 Å². The van der Waals surface area contributed by atoms with Crippen LogP contribution in [0.2, 0.25) is 0 Å². The van der Waals surface area contributed by atoms with Crippen LogP contribution in [0.5, 0.6) is 0 Å². The Bertz CT molecular complexity index is 787. The molecular weight excluding hydrogens is 304 g/mol. The number of nitrogens with one attached hydrogen (secondary N) is 1. The molecule has 1 amide bonds. The van der Waals surface area contributed by atoms with E-state index < -0.39 is 6.09 Å². The van der Waals surface area contributed by atoms with Gasteiger partial charge in [0.15, 0.2) is 0 Å². The number of amides is 1. The fraction of sp³-hybridized carbons (Fsp3) is 0.167.